The lowest BCUT2D eigenvalue weighted by atomic mass is 9.99. The van der Waals surface area contributed by atoms with E-state index in [-0.39, 0.29) is 0 Å². The highest BCUT2D eigenvalue weighted by molar-refractivity contribution is 5.02. The van der Waals surface area contributed by atoms with Gasteiger partial charge in [-0.3, -0.25) is 0 Å². The third kappa shape index (κ3) is 9.60. The molecule has 0 unspecified atom stereocenters. The average molecular weight is 206 g/mol. The maximum absolute atomic E-state index is 3.12. The summed E-state index contributed by atoms with van der Waals surface area (Å²) in [6.45, 7) is 8.67. The van der Waals surface area contributed by atoms with Crippen molar-refractivity contribution in [1.29, 1.82) is 0 Å². The Morgan fingerprint density at radius 3 is 2.40 bits per heavy atom. The van der Waals surface area contributed by atoms with Gasteiger partial charge < -0.3 is 0 Å². The third-order valence-electron chi connectivity index (χ3n) is 2.66. The standard InChI is InChI=1S/C15H26/c1-5-7-8-9-12-15(6-2)13-10-11-14(3)4/h6,14H,8-13H2,1-4H3. The van der Waals surface area contributed by atoms with Crippen molar-refractivity contribution >= 4 is 0 Å². The first-order chi connectivity index (χ1) is 7.20. The predicted octanol–water partition coefficient (Wildman–Crippen LogP) is 4.95. The van der Waals surface area contributed by atoms with Crippen LogP contribution in [0.15, 0.2) is 11.6 Å². The second-order valence-corrected chi connectivity index (χ2v) is 4.51. The Morgan fingerprint density at radius 1 is 1.20 bits per heavy atom. The van der Waals surface area contributed by atoms with Crippen LogP contribution >= 0.6 is 0 Å². The van der Waals surface area contributed by atoms with Crippen molar-refractivity contribution < 1.29 is 0 Å². The summed E-state index contributed by atoms with van der Waals surface area (Å²) < 4.78 is 0. The van der Waals surface area contributed by atoms with Crippen molar-refractivity contribution in [3.8, 4) is 11.8 Å². The van der Waals surface area contributed by atoms with Crippen LogP contribution in [0.4, 0.5) is 0 Å². The molecule has 0 atom stereocenters. The fourth-order valence-corrected chi connectivity index (χ4v) is 1.68. The largest absolute Gasteiger partial charge is 0.107 e. The second-order valence-electron chi connectivity index (χ2n) is 4.51. The van der Waals surface area contributed by atoms with Gasteiger partial charge in [0.15, 0.2) is 0 Å². The molecule has 15 heavy (non-hydrogen) atoms. The van der Waals surface area contributed by atoms with E-state index in [4.69, 9.17) is 0 Å². The van der Waals surface area contributed by atoms with E-state index in [1.807, 2.05) is 6.92 Å². The highest BCUT2D eigenvalue weighted by atomic mass is 14.0. The lowest BCUT2D eigenvalue weighted by molar-refractivity contribution is 0.549. The topological polar surface area (TPSA) is 0 Å². The first-order valence-electron chi connectivity index (χ1n) is 6.24. The van der Waals surface area contributed by atoms with Crippen LogP contribution in [0.25, 0.3) is 0 Å². The van der Waals surface area contributed by atoms with Crippen LogP contribution in [-0.2, 0) is 0 Å². The number of hydrogen-bond donors (Lipinski definition) is 0. The molecule has 0 heteroatoms. The molecule has 0 N–H and O–H groups in total. The minimum atomic E-state index is 0.842. The molecule has 0 spiro atoms. The maximum Gasteiger partial charge on any atom is 0.00916 e. The van der Waals surface area contributed by atoms with Crippen molar-refractivity contribution in [2.24, 2.45) is 5.92 Å². The zero-order chi connectivity index (χ0) is 11.5. The van der Waals surface area contributed by atoms with Gasteiger partial charge in [0.25, 0.3) is 0 Å². The first kappa shape index (κ1) is 14.3. The fourth-order valence-electron chi connectivity index (χ4n) is 1.68. The molecule has 0 aromatic heterocycles. The van der Waals surface area contributed by atoms with Gasteiger partial charge in [0, 0.05) is 6.42 Å². The number of allylic oxidation sites excluding steroid dienone is 2. The summed E-state index contributed by atoms with van der Waals surface area (Å²) in [6.07, 6.45) is 9.79. The van der Waals surface area contributed by atoms with Crippen LogP contribution in [0.5, 0.6) is 0 Å². The van der Waals surface area contributed by atoms with Gasteiger partial charge in [-0.15, -0.1) is 11.8 Å². The molecule has 0 radical (unpaired) electrons. The van der Waals surface area contributed by atoms with Gasteiger partial charge in [-0.2, -0.15) is 0 Å². The Bertz CT molecular complexity index is 222. The summed E-state index contributed by atoms with van der Waals surface area (Å²) in [5.74, 6) is 6.91. The number of hydrogen-bond acceptors (Lipinski definition) is 0. The molecule has 0 saturated heterocycles. The maximum atomic E-state index is 3.12. The Labute approximate surface area is 96.2 Å². The molecule has 0 fully saturated rings. The van der Waals surface area contributed by atoms with Crippen LogP contribution in [0, 0.1) is 17.8 Å². The first-order valence-corrected chi connectivity index (χ1v) is 6.24. The molecule has 0 saturated carbocycles. The normalized spacial score (nSPS) is 11.4. The van der Waals surface area contributed by atoms with Crippen LogP contribution in [0.3, 0.4) is 0 Å². The molecule has 0 heterocycles. The van der Waals surface area contributed by atoms with Crippen molar-refractivity contribution in [1.82, 2.24) is 0 Å². The zero-order valence-electron chi connectivity index (χ0n) is 10.9. The van der Waals surface area contributed by atoms with Gasteiger partial charge in [-0.05, 0) is 45.4 Å². The summed E-state index contributed by atoms with van der Waals surface area (Å²) in [7, 11) is 0. The van der Waals surface area contributed by atoms with Crippen molar-refractivity contribution in [2.75, 3.05) is 0 Å². The van der Waals surface area contributed by atoms with Crippen LogP contribution in [0.2, 0.25) is 0 Å². The van der Waals surface area contributed by atoms with Crippen LogP contribution < -0.4 is 0 Å². The fraction of sp³-hybridized carbons (Fsp3) is 0.733. The van der Waals surface area contributed by atoms with Gasteiger partial charge >= 0.3 is 0 Å². The Kier molecular flexibility index (Phi) is 9.38. The molecule has 0 aromatic rings. The Morgan fingerprint density at radius 2 is 1.87 bits per heavy atom. The van der Waals surface area contributed by atoms with Crippen LogP contribution in [-0.4, -0.2) is 0 Å². The summed E-state index contributed by atoms with van der Waals surface area (Å²) in [4.78, 5) is 0. The smallest absolute Gasteiger partial charge is 0.00916 e. The van der Waals surface area contributed by atoms with Crippen molar-refractivity contribution in [2.45, 2.75) is 66.2 Å². The monoisotopic (exact) mass is 206 g/mol. The van der Waals surface area contributed by atoms with E-state index >= 15 is 0 Å². The molecule has 0 aromatic carbocycles. The SMILES string of the molecule is CC#CCCCC(=CC)CCCC(C)C. The minimum Gasteiger partial charge on any atom is -0.107 e. The molecule has 0 bridgehead atoms. The van der Waals surface area contributed by atoms with E-state index in [1.165, 1.54) is 32.1 Å². The van der Waals surface area contributed by atoms with Crippen molar-refractivity contribution in [3.63, 3.8) is 0 Å². The molecule has 86 valence electrons. The molecule has 0 aliphatic rings. The minimum absolute atomic E-state index is 0.842. The predicted molar refractivity (Wildman–Crippen MR) is 69.7 cm³/mol. The highest BCUT2D eigenvalue weighted by Crippen LogP contribution is 2.16. The average Bonchev–Trinajstić information content (AvgIpc) is 2.21. The van der Waals surface area contributed by atoms with E-state index in [2.05, 4.69) is 38.7 Å². The van der Waals surface area contributed by atoms with Crippen LogP contribution in [0.1, 0.15) is 66.2 Å². The molecular weight excluding hydrogens is 180 g/mol. The molecule has 0 aliphatic heterocycles. The lowest BCUT2D eigenvalue weighted by Crippen LogP contribution is -1.90. The van der Waals surface area contributed by atoms with Gasteiger partial charge in [-0.25, -0.2) is 0 Å². The van der Waals surface area contributed by atoms with Gasteiger partial charge in [0.2, 0.25) is 0 Å². The quantitative estimate of drug-likeness (QED) is 0.314. The van der Waals surface area contributed by atoms with Gasteiger partial charge in [0.05, 0.1) is 0 Å². The van der Waals surface area contributed by atoms with E-state index in [1.54, 1.807) is 5.57 Å². The Hall–Kier alpha value is -0.700. The van der Waals surface area contributed by atoms with E-state index in [9.17, 15) is 0 Å². The van der Waals surface area contributed by atoms with E-state index in [0.717, 1.165) is 12.3 Å². The molecule has 0 aliphatic carbocycles. The molecule has 0 rings (SSSR count). The molecular formula is C15H26. The molecule has 0 amide bonds. The summed E-state index contributed by atoms with van der Waals surface area (Å²) in [5.41, 5.74) is 1.62. The number of rotatable bonds is 7. The van der Waals surface area contributed by atoms with E-state index in [0.29, 0.717) is 0 Å². The number of unbranched alkanes of at least 4 members (excludes halogenated alkanes) is 1. The highest BCUT2D eigenvalue weighted by Gasteiger charge is 1.98. The summed E-state index contributed by atoms with van der Waals surface area (Å²) >= 11 is 0. The lowest BCUT2D eigenvalue weighted by Gasteiger charge is -2.07. The summed E-state index contributed by atoms with van der Waals surface area (Å²) in [5, 5.41) is 0. The second kappa shape index (κ2) is 9.84. The van der Waals surface area contributed by atoms with Gasteiger partial charge in [0.1, 0.15) is 0 Å². The zero-order valence-corrected chi connectivity index (χ0v) is 10.9. The molecule has 0 nitrogen and oxygen atoms in total. The Balaban J connectivity index is 3.59. The third-order valence-corrected chi connectivity index (χ3v) is 2.66. The van der Waals surface area contributed by atoms with Gasteiger partial charge in [-0.1, -0.05) is 31.9 Å². The summed E-state index contributed by atoms with van der Waals surface area (Å²) in [6, 6.07) is 0. The van der Waals surface area contributed by atoms with Crippen molar-refractivity contribution in [3.05, 3.63) is 11.6 Å². The van der Waals surface area contributed by atoms with E-state index < -0.39 is 0 Å².